The van der Waals surface area contributed by atoms with E-state index in [1.54, 1.807) is 13.4 Å². The first kappa shape index (κ1) is 12.7. The Balaban J connectivity index is 1.69. The zero-order chi connectivity index (χ0) is 13.1. The number of methoxy groups -OCH3 is 1. The van der Waals surface area contributed by atoms with Gasteiger partial charge in [-0.15, -0.1) is 0 Å². The zero-order valence-electron chi connectivity index (χ0n) is 11.5. The van der Waals surface area contributed by atoms with Gasteiger partial charge in [0, 0.05) is 25.2 Å². The highest BCUT2D eigenvalue weighted by Gasteiger charge is 2.29. The Morgan fingerprint density at radius 2 is 2.26 bits per heavy atom. The summed E-state index contributed by atoms with van der Waals surface area (Å²) in [5.74, 6) is 2.39. The lowest BCUT2D eigenvalue weighted by molar-refractivity contribution is 0.327. The van der Waals surface area contributed by atoms with E-state index in [-0.39, 0.29) is 0 Å². The SMILES string of the molecule is COc1cc(N2CCCC(C3CCCN3)C2)ncn1. The van der Waals surface area contributed by atoms with Crippen LogP contribution in [0, 0.1) is 5.92 Å². The van der Waals surface area contributed by atoms with Crippen LogP contribution in [0.3, 0.4) is 0 Å². The quantitative estimate of drug-likeness (QED) is 0.893. The van der Waals surface area contributed by atoms with E-state index in [0.29, 0.717) is 11.9 Å². The number of nitrogens with one attached hydrogen (secondary N) is 1. The summed E-state index contributed by atoms with van der Waals surface area (Å²) in [6.45, 7) is 3.36. The summed E-state index contributed by atoms with van der Waals surface area (Å²) in [7, 11) is 1.65. The molecule has 5 nitrogen and oxygen atoms in total. The van der Waals surface area contributed by atoms with Crippen molar-refractivity contribution in [1.29, 1.82) is 0 Å². The first-order valence-electron chi connectivity index (χ1n) is 7.21. The summed E-state index contributed by atoms with van der Waals surface area (Å²) in [5.41, 5.74) is 0. The molecule has 2 fully saturated rings. The molecule has 2 aliphatic rings. The van der Waals surface area contributed by atoms with Crippen LogP contribution in [0.1, 0.15) is 25.7 Å². The molecule has 1 aromatic heterocycles. The second kappa shape index (κ2) is 5.74. The van der Waals surface area contributed by atoms with Crippen molar-refractivity contribution in [2.45, 2.75) is 31.7 Å². The maximum absolute atomic E-state index is 5.18. The van der Waals surface area contributed by atoms with E-state index in [1.807, 2.05) is 6.07 Å². The average Bonchev–Trinajstić information content (AvgIpc) is 3.02. The fraction of sp³-hybridized carbons (Fsp3) is 0.714. The van der Waals surface area contributed by atoms with E-state index >= 15 is 0 Å². The van der Waals surface area contributed by atoms with Crippen LogP contribution in [-0.4, -0.2) is 42.8 Å². The maximum Gasteiger partial charge on any atom is 0.218 e. The van der Waals surface area contributed by atoms with Crippen LogP contribution in [0.15, 0.2) is 12.4 Å². The predicted molar refractivity (Wildman–Crippen MR) is 74.5 cm³/mol. The van der Waals surface area contributed by atoms with Gasteiger partial charge in [0.2, 0.25) is 5.88 Å². The van der Waals surface area contributed by atoms with Gasteiger partial charge in [0.25, 0.3) is 0 Å². The first-order chi connectivity index (χ1) is 9.36. The second-order valence-corrected chi connectivity index (χ2v) is 5.47. The highest BCUT2D eigenvalue weighted by molar-refractivity contribution is 5.41. The van der Waals surface area contributed by atoms with E-state index < -0.39 is 0 Å². The molecule has 2 saturated heterocycles. The van der Waals surface area contributed by atoms with Gasteiger partial charge in [-0.25, -0.2) is 9.97 Å². The summed E-state index contributed by atoms with van der Waals surface area (Å²) in [5, 5.41) is 3.64. The number of piperidine rings is 1. The monoisotopic (exact) mass is 262 g/mol. The number of aromatic nitrogens is 2. The van der Waals surface area contributed by atoms with Gasteiger partial charge in [-0.3, -0.25) is 0 Å². The lowest BCUT2D eigenvalue weighted by atomic mass is 9.90. The van der Waals surface area contributed by atoms with Crippen molar-refractivity contribution >= 4 is 5.82 Å². The summed E-state index contributed by atoms with van der Waals surface area (Å²) in [6, 6.07) is 2.64. The number of ether oxygens (including phenoxy) is 1. The molecule has 1 aromatic rings. The normalized spacial score (nSPS) is 27.5. The lowest BCUT2D eigenvalue weighted by Gasteiger charge is -2.36. The molecule has 0 radical (unpaired) electrons. The largest absolute Gasteiger partial charge is 0.481 e. The minimum atomic E-state index is 0.645. The molecule has 5 heteroatoms. The zero-order valence-corrected chi connectivity index (χ0v) is 11.5. The van der Waals surface area contributed by atoms with E-state index in [4.69, 9.17) is 4.74 Å². The third kappa shape index (κ3) is 2.81. The Hall–Kier alpha value is -1.36. The van der Waals surface area contributed by atoms with Gasteiger partial charge in [-0.1, -0.05) is 0 Å². The summed E-state index contributed by atoms with van der Waals surface area (Å²) < 4.78 is 5.18. The Bertz CT molecular complexity index is 420. The van der Waals surface area contributed by atoms with Gasteiger partial charge in [-0.2, -0.15) is 0 Å². The number of anilines is 1. The molecular formula is C14H22N4O. The van der Waals surface area contributed by atoms with Crippen LogP contribution in [-0.2, 0) is 0 Å². The van der Waals surface area contributed by atoms with Crippen molar-refractivity contribution in [3.8, 4) is 5.88 Å². The summed E-state index contributed by atoms with van der Waals surface area (Å²) >= 11 is 0. The molecule has 1 N–H and O–H groups in total. The molecule has 2 atom stereocenters. The smallest absolute Gasteiger partial charge is 0.218 e. The Morgan fingerprint density at radius 3 is 3.05 bits per heavy atom. The fourth-order valence-electron chi connectivity index (χ4n) is 3.27. The molecule has 0 aromatic carbocycles. The van der Waals surface area contributed by atoms with Crippen molar-refractivity contribution < 1.29 is 4.74 Å². The average molecular weight is 262 g/mol. The maximum atomic E-state index is 5.18. The molecule has 0 saturated carbocycles. The topological polar surface area (TPSA) is 50.3 Å². The van der Waals surface area contributed by atoms with Crippen molar-refractivity contribution in [2.24, 2.45) is 5.92 Å². The van der Waals surface area contributed by atoms with Crippen LogP contribution in [0.2, 0.25) is 0 Å². The highest BCUT2D eigenvalue weighted by Crippen LogP contribution is 2.27. The molecule has 0 aliphatic carbocycles. The summed E-state index contributed by atoms with van der Waals surface area (Å²) in [6.07, 6.45) is 6.81. The van der Waals surface area contributed by atoms with Crippen LogP contribution in [0.25, 0.3) is 0 Å². The van der Waals surface area contributed by atoms with Crippen molar-refractivity contribution in [3.63, 3.8) is 0 Å². The predicted octanol–water partition coefficient (Wildman–Crippen LogP) is 1.45. The van der Waals surface area contributed by atoms with Crippen LogP contribution in [0.4, 0.5) is 5.82 Å². The van der Waals surface area contributed by atoms with Gasteiger partial charge in [-0.05, 0) is 38.1 Å². The van der Waals surface area contributed by atoms with Crippen molar-refractivity contribution in [3.05, 3.63) is 12.4 Å². The van der Waals surface area contributed by atoms with Gasteiger partial charge >= 0.3 is 0 Å². The Morgan fingerprint density at radius 1 is 1.32 bits per heavy atom. The van der Waals surface area contributed by atoms with Crippen LogP contribution >= 0.6 is 0 Å². The molecule has 104 valence electrons. The van der Waals surface area contributed by atoms with Gasteiger partial charge in [0.1, 0.15) is 12.1 Å². The number of nitrogens with zero attached hydrogens (tertiary/aromatic N) is 3. The molecule has 0 bridgehead atoms. The molecule has 2 unspecified atom stereocenters. The fourth-order valence-corrected chi connectivity index (χ4v) is 3.27. The standard InChI is InChI=1S/C14H22N4O/c1-19-14-8-13(16-10-17-14)18-7-3-4-11(9-18)12-5-2-6-15-12/h8,10-12,15H,2-7,9H2,1H3. The van der Waals surface area contributed by atoms with Gasteiger partial charge in [0.05, 0.1) is 7.11 Å². The molecule has 0 amide bonds. The Kier molecular flexibility index (Phi) is 3.82. The van der Waals surface area contributed by atoms with E-state index in [1.165, 1.54) is 32.2 Å². The third-order valence-electron chi connectivity index (χ3n) is 4.29. The molecule has 0 spiro atoms. The minimum Gasteiger partial charge on any atom is -0.481 e. The molecule has 2 aliphatic heterocycles. The van der Waals surface area contributed by atoms with Crippen molar-refractivity contribution in [2.75, 3.05) is 31.6 Å². The summed E-state index contributed by atoms with van der Waals surface area (Å²) in [4.78, 5) is 10.8. The van der Waals surface area contributed by atoms with E-state index in [2.05, 4.69) is 20.2 Å². The lowest BCUT2D eigenvalue weighted by Crippen LogP contribution is -2.43. The molecule has 19 heavy (non-hydrogen) atoms. The minimum absolute atomic E-state index is 0.645. The third-order valence-corrected chi connectivity index (χ3v) is 4.29. The van der Waals surface area contributed by atoms with Crippen LogP contribution in [0.5, 0.6) is 5.88 Å². The highest BCUT2D eigenvalue weighted by atomic mass is 16.5. The number of rotatable bonds is 3. The number of hydrogen-bond donors (Lipinski definition) is 1. The van der Waals surface area contributed by atoms with Gasteiger partial charge in [0.15, 0.2) is 0 Å². The Labute approximate surface area is 114 Å². The second-order valence-electron chi connectivity index (χ2n) is 5.47. The number of hydrogen-bond acceptors (Lipinski definition) is 5. The van der Waals surface area contributed by atoms with E-state index in [9.17, 15) is 0 Å². The first-order valence-corrected chi connectivity index (χ1v) is 7.21. The van der Waals surface area contributed by atoms with Gasteiger partial charge < -0.3 is 15.0 Å². The van der Waals surface area contributed by atoms with Crippen LogP contribution < -0.4 is 15.0 Å². The van der Waals surface area contributed by atoms with Crippen molar-refractivity contribution in [1.82, 2.24) is 15.3 Å². The molecule has 3 rings (SSSR count). The molecular weight excluding hydrogens is 240 g/mol. The molecule has 3 heterocycles. The van der Waals surface area contributed by atoms with E-state index in [0.717, 1.165) is 24.8 Å².